The third kappa shape index (κ3) is 3.66. The Bertz CT molecular complexity index is 1390. The summed E-state index contributed by atoms with van der Waals surface area (Å²) in [6.07, 6.45) is -0.566. The minimum absolute atomic E-state index is 0.185. The van der Waals surface area contributed by atoms with E-state index in [-0.39, 0.29) is 16.9 Å². The summed E-state index contributed by atoms with van der Waals surface area (Å²) in [5.74, 6) is 0.214. The monoisotopic (exact) mass is 455 g/mol. The molecule has 2 heterocycles. The van der Waals surface area contributed by atoms with Crippen LogP contribution in [-0.4, -0.2) is 25.1 Å². The molecule has 0 saturated carbocycles. The van der Waals surface area contributed by atoms with Crippen LogP contribution >= 0.6 is 15.9 Å². The average Bonchev–Trinajstić information content (AvgIpc) is 2.66. The number of hydrogen-bond acceptors (Lipinski definition) is 6. The summed E-state index contributed by atoms with van der Waals surface area (Å²) < 4.78 is 16.7. The maximum absolute atomic E-state index is 12.6. The zero-order valence-corrected chi connectivity index (χ0v) is 17.0. The van der Waals surface area contributed by atoms with E-state index in [4.69, 9.17) is 13.6 Å². The number of carbonyl (C=O) groups excluding carboxylic acids is 1. The van der Waals surface area contributed by atoms with E-state index in [1.807, 2.05) is 6.07 Å². The van der Waals surface area contributed by atoms with Crippen LogP contribution in [0.5, 0.6) is 5.75 Å². The van der Waals surface area contributed by atoms with Gasteiger partial charge in [0.05, 0.1) is 5.56 Å². The van der Waals surface area contributed by atoms with E-state index in [0.29, 0.717) is 21.9 Å². The fraction of sp³-hybridized carbons (Fsp3) is 0.0952. The van der Waals surface area contributed by atoms with Gasteiger partial charge in [-0.05, 0) is 36.4 Å². The Morgan fingerprint density at radius 1 is 0.931 bits per heavy atom. The van der Waals surface area contributed by atoms with E-state index in [1.54, 1.807) is 44.4 Å². The predicted molar refractivity (Wildman–Crippen MR) is 111 cm³/mol. The van der Waals surface area contributed by atoms with Crippen LogP contribution in [0, 0.1) is 0 Å². The smallest absolute Gasteiger partial charge is 0.414 e. The van der Waals surface area contributed by atoms with E-state index in [1.165, 1.54) is 17.0 Å². The normalized spacial score (nSPS) is 11.0. The molecule has 4 rings (SSSR count). The highest BCUT2D eigenvalue weighted by Crippen LogP contribution is 2.30. The molecule has 0 atom stereocenters. The quantitative estimate of drug-likeness (QED) is 0.416. The number of fused-ring (bicyclic) bond motifs is 2. The maximum atomic E-state index is 12.6. The van der Waals surface area contributed by atoms with E-state index in [0.717, 1.165) is 4.47 Å². The summed E-state index contributed by atoms with van der Waals surface area (Å²) in [6.45, 7) is 0. The fourth-order valence-electron chi connectivity index (χ4n) is 2.90. The minimum Gasteiger partial charge on any atom is -0.423 e. The molecule has 1 amide bonds. The van der Waals surface area contributed by atoms with Crippen molar-refractivity contribution in [3.8, 4) is 16.9 Å². The van der Waals surface area contributed by atoms with Crippen LogP contribution in [0.1, 0.15) is 0 Å². The van der Waals surface area contributed by atoms with Gasteiger partial charge in [-0.3, -0.25) is 0 Å². The number of benzene rings is 2. The van der Waals surface area contributed by atoms with E-state index in [2.05, 4.69) is 15.9 Å². The topological polar surface area (TPSA) is 90.0 Å². The molecule has 8 heteroatoms. The SMILES string of the molecule is CN(C)C(=O)Oc1ccc2c(-c3cc4cc(Br)ccc4oc3=O)cc(=O)oc2c1. The lowest BCUT2D eigenvalue weighted by molar-refractivity contribution is 0.172. The largest absolute Gasteiger partial charge is 0.423 e. The van der Waals surface area contributed by atoms with Crippen LogP contribution in [0.15, 0.2) is 71.4 Å². The van der Waals surface area contributed by atoms with Crippen LogP contribution in [0.2, 0.25) is 0 Å². The molecule has 2 aromatic carbocycles. The molecule has 0 fully saturated rings. The summed E-state index contributed by atoms with van der Waals surface area (Å²) in [6, 6.07) is 12.8. The number of ether oxygens (including phenoxy) is 1. The van der Waals surface area contributed by atoms with Gasteiger partial charge in [-0.25, -0.2) is 14.4 Å². The summed E-state index contributed by atoms with van der Waals surface area (Å²) in [4.78, 5) is 37.7. The Hall–Kier alpha value is -3.39. The number of hydrogen-bond donors (Lipinski definition) is 0. The standard InChI is InChI=1S/C21H14BrNO6/c1-23(2)21(26)27-13-4-5-14-15(10-19(24)28-18(14)9-13)16-8-11-7-12(22)3-6-17(11)29-20(16)25/h3-10H,1-2H3. The molecule has 0 bridgehead atoms. The first-order chi connectivity index (χ1) is 13.8. The molecule has 146 valence electrons. The molecule has 4 aromatic rings. The summed E-state index contributed by atoms with van der Waals surface area (Å²) in [5, 5.41) is 1.21. The van der Waals surface area contributed by atoms with E-state index < -0.39 is 17.3 Å². The van der Waals surface area contributed by atoms with Gasteiger partial charge >= 0.3 is 17.3 Å². The first-order valence-electron chi connectivity index (χ1n) is 8.52. The van der Waals surface area contributed by atoms with Crippen LogP contribution in [-0.2, 0) is 0 Å². The van der Waals surface area contributed by atoms with Crippen molar-refractivity contribution in [2.24, 2.45) is 0 Å². The number of nitrogens with zero attached hydrogens (tertiary/aromatic N) is 1. The second kappa shape index (κ2) is 7.21. The molecule has 0 unspecified atom stereocenters. The number of halogens is 1. The summed E-state index contributed by atoms with van der Waals surface area (Å²) in [7, 11) is 3.11. The lowest BCUT2D eigenvalue weighted by Gasteiger charge is -2.11. The van der Waals surface area contributed by atoms with Gasteiger partial charge < -0.3 is 18.5 Å². The number of rotatable bonds is 2. The Labute approximate surface area is 172 Å². The van der Waals surface area contributed by atoms with Crippen molar-refractivity contribution in [1.29, 1.82) is 0 Å². The summed E-state index contributed by atoms with van der Waals surface area (Å²) >= 11 is 3.39. The Morgan fingerprint density at radius 2 is 1.72 bits per heavy atom. The highest BCUT2D eigenvalue weighted by atomic mass is 79.9. The van der Waals surface area contributed by atoms with Gasteiger partial charge in [-0.2, -0.15) is 0 Å². The highest BCUT2D eigenvalue weighted by molar-refractivity contribution is 9.10. The third-order valence-electron chi connectivity index (χ3n) is 4.27. The van der Waals surface area contributed by atoms with Crippen molar-refractivity contribution < 1.29 is 18.4 Å². The average molecular weight is 456 g/mol. The van der Waals surface area contributed by atoms with Crippen molar-refractivity contribution in [2.45, 2.75) is 0 Å². The van der Waals surface area contributed by atoms with Gasteiger partial charge in [0.1, 0.15) is 16.9 Å². The van der Waals surface area contributed by atoms with Gasteiger partial charge in [0.2, 0.25) is 0 Å². The van der Waals surface area contributed by atoms with E-state index in [9.17, 15) is 14.4 Å². The van der Waals surface area contributed by atoms with Crippen molar-refractivity contribution in [2.75, 3.05) is 14.1 Å². The van der Waals surface area contributed by atoms with Gasteiger partial charge in [0.25, 0.3) is 0 Å². The van der Waals surface area contributed by atoms with Crippen molar-refractivity contribution in [3.05, 3.63) is 73.8 Å². The van der Waals surface area contributed by atoms with Crippen LogP contribution < -0.4 is 16.0 Å². The molecule has 0 aliphatic carbocycles. The lowest BCUT2D eigenvalue weighted by atomic mass is 10.0. The van der Waals surface area contributed by atoms with Crippen molar-refractivity contribution in [1.82, 2.24) is 4.90 Å². The molecule has 0 saturated heterocycles. The van der Waals surface area contributed by atoms with Gasteiger partial charge in [-0.1, -0.05) is 15.9 Å². The third-order valence-corrected chi connectivity index (χ3v) is 4.76. The number of amides is 1. The zero-order valence-electron chi connectivity index (χ0n) is 15.4. The molecule has 0 N–H and O–H groups in total. The Balaban J connectivity index is 1.91. The van der Waals surface area contributed by atoms with Crippen LogP contribution in [0.4, 0.5) is 4.79 Å². The molecule has 2 aromatic heterocycles. The Morgan fingerprint density at radius 3 is 2.48 bits per heavy atom. The van der Waals surface area contributed by atoms with Crippen LogP contribution in [0.3, 0.4) is 0 Å². The number of carbonyl (C=O) groups is 1. The molecule has 7 nitrogen and oxygen atoms in total. The fourth-order valence-corrected chi connectivity index (χ4v) is 3.28. The second-order valence-electron chi connectivity index (χ2n) is 6.53. The molecular formula is C21H14BrNO6. The first kappa shape index (κ1) is 18.9. The minimum atomic E-state index is -0.641. The Kier molecular flexibility index (Phi) is 4.71. The maximum Gasteiger partial charge on any atom is 0.414 e. The van der Waals surface area contributed by atoms with Gasteiger partial charge in [0, 0.05) is 47.0 Å². The molecule has 0 aliphatic heterocycles. The summed E-state index contributed by atoms with van der Waals surface area (Å²) in [5.41, 5.74) is 0.00783. The van der Waals surface area contributed by atoms with Gasteiger partial charge in [0.15, 0.2) is 0 Å². The molecule has 0 aliphatic rings. The van der Waals surface area contributed by atoms with E-state index >= 15 is 0 Å². The zero-order chi connectivity index (χ0) is 20.7. The highest BCUT2D eigenvalue weighted by Gasteiger charge is 2.15. The second-order valence-corrected chi connectivity index (χ2v) is 7.44. The molecular weight excluding hydrogens is 442 g/mol. The van der Waals surface area contributed by atoms with Gasteiger partial charge in [-0.15, -0.1) is 0 Å². The van der Waals surface area contributed by atoms with Crippen molar-refractivity contribution >= 4 is 44.0 Å². The lowest BCUT2D eigenvalue weighted by Crippen LogP contribution is -2.25. The van der Waals surface area contributed by atoms with Crippen LogP contribution in [0.25, 0.3) is 33.1 Å². The van der Waals surface area contributed by atoms with Crippen molar-refractivity contribution in [3.63, 3.8) is 0 Å². The first-order valence-corrected chi connectivity index (χ1v) is 9.32. The molecule has 29 heavy (non-hydrogen) atoms. The molecule has 0 spiro atoms. The molecule has 0 radical (unpaired) electrons. The predicted octanol–water partition coefficient (Wildman–Crippen LogP) is 4.39.